The van der Waals surface area contributed by atoms with Gasteiger partial charge in [0.15, 0.2) is 5.65 Å². The lowest BCUT2D eigenvalue weighted by Crippen LogP contribution is -2.32. The molecule has 0 aromatic carbocycles. The number of amides is 1. The van der Waals surface area contributed by atoms with Gasteiger partial charge < -0.3 is 15.0 Å². The second kappa shape index (κ2) is 7.69. The van der Waals surface area contributed by atoms with E-state index in [2.05, 4.69) is 22.0 Å². The Morgan fingerprint density at radius 2 is 2.20 bits per heavy atom. The third kappa shape index (κ3) is 3.44. The summed E-state index contributed by atoms with van der Waals surface area (Å²) < 4.78 is 10.2. The molecular formula is C20H25N7O3. The molecule has 0 saturated carbocycles. The summed E-state index contributed by atoms with van der Waals surface area (Å²) in [4.78, 5) is 31.2. The number of nitrogens with zero attached hydrogens (tertiary/aromatic N) is 6. The number of hydrogen-bond donors (Lipinski definition) is 1. The number of likely N-dealkylation sites (tertiary alicyclic amines) is 1. The van der Waals surface area contributed by atoms with Crippen molar-refractivity contribution in [2.75, 3.05) is 25.5 Å². The fraction of sp³-hybridized carbons (Fsp3) is 0.400. The highest BCUT2D eigenvalue weighted by atomic mass is 16.5. The monoisotopic (exact) mass is 411 g/mol. The predicted octanol–water partition coefficient (Wildman–Crippen LogP) is 1.32. The van der Waals surface area contributed by atoms with E-state index in [0.717, 1.165) is 12.1 Å². The molecular weight excluding hydrogens is 386 g/mol. The highest BCUT2D eigenvalue weighted by Crippen LogP contribution is 2.28. The molecule has 3 aromatic rings. The zero-order chi connectivity index (χ0) is 21.4. The predicted molar refractivity (Wildman–Crippen MR) is 112 cm³/mol. The van der Waals surface area contributed by atoms with Crippen molar-refractivity contribution in [3.8, 4) is 5.88 Å². The number of carbonyl (C=O) groups excluding carboxylic acids is 1. The molecule has 4 rings (SSSR count). The van der Waals surface area contributed by atoms with Crippen molar-refractivity contribution in [3.63, 3.8) is 0 Å². The highest BCUT2D eigenvalue weighted by Gasteiger charge is 2.26. The summed E-state index contributed by atoms with van der Waals surface area (Å²) in [7, 11) is 3.36. The Morgan fingerprint density at radius 3 is 2.93 bits per heavy atom. The van der Waals surface area contributed by atoms with E-state index in [-0.39, 0.29) is 17.5 Å². The number of imidazole rings is 1. The quantitative estimate of drug-likeness (QED) is 0.615. The number of nitrogens with one attached hydrogen (secondary N) is 1. The molecule has 0 bridgehead atoms. The van der Waals surface area contributed by atoms with Gasteiger partial charge in [0.25, 0.3) is 5.88 Å². The molecule has 1 fully saturated rings. The first kappa shape index (κ1) is 19.7. The van der Waals surface area contributed by atoms with E-state index in [1.54, 1.807) is 51.3 Å². The molecule has 1 N–H and O–H groups in total. The Morgan fingerprint density at radius 1 is 1.40 bits per heavy atom. The van der Waals surface area contributed by atoms with Gasteiger partial charge in [0.1, 0.15) is 5.69 Å². The number of rotatable bonds is 6. The lowest BCUT2D eigenvalue weighted by molar-refractivity contribution is -0.125. The van der Waals surface area contributed by atoms with Crippen molar-refractivity contribution in [3.05, 3.63) is 47.4 Å². The van der Waals surface area contributed by atoms with E-state index in [4.69, 9.17) is 4.74 Å². The van der Waals surface area contributed by atoms with Crippen LogP contribution in [0.3, 0.4) is 0 Å². The minimum absolute atomic E-state index is 0.0724. The van der Waals surface area contributed by atoms with E-state index >= 15 is 0 Å². The van der Waals surface area contributed by atoms with Crippen LogP contribution in [-0.2, 0) is 18.4 Å². The highest BCUT2D eigenvalue weighted by molar-refractivity contribution is 5.87. The molecule has 1 amide bonds. The minimum atomic E-state index is -0.155. The zero-order valence-electron chi connectivity index (χ0n) is 17.3. The van der Waals surface area contributed by atoms with Crippen LogP contribution < -0.4 is 15.7 Å². The number of methoxy groups -OCH3 is 1. The Balaban J connectivity index is 1.70. The van der Waals surface area contributed by atoms with Gasteiger partial charge in [-0.15, -0.1) is 5.10 Å². The number of hydrogen-bond acceptors (Lipinski definition) is 6. The number of aromatic nitrogens is 5. The Bertz CT molecular complexity index is 1170. The van der Waals surface area contributed by atoms with Crippen LogP contribution in [0.4, 0.5) is 11.4 Å². The lowest BCUT2D eigenvalue weighted by Gasteiger charge is -2.17. The summed E-state index contributed by atoms with van der Waals surface area (Å²) in [6.07, 6.45) is 7.42. The van der Waals surface area contributed by atoms with Crippen LogP contribution in [0.25, 0.3) is 5.65 Å². The van der Waals surface area contributed by atoms with Crippen LogP contribution in [-0.4, -0.2) is 54.7 Å². The van der Waals surface area contributed by atoms with Crippen molar-refractivity contribution >= 4 is 22.9 Å². The average molecular weight is 411 g/mol. The summed E-state index contributed by atoms with van der Waals surface area (Å²) in [5, 5.41) is 7.56. The number of carbonyl (C=O) groups is 1. The van der Waals surface area contributed by atoms with E-state index in [1.807, 2.05) is 6.92 Å². The molecule has 1 unspecified atom stereocenters. The summed E-state index contributed by atoms with van der Waals surface area (Å²) >= 11 is 0. The van der Waals surface area contributed by atoms with Crippen molar-refractivity contribution in [2.24, 2.45) is 13.0 Å². The first-order valence-corrected chi connectivity index (χ1v) is 9.74. The second-order valence-corrected chi connectivity index (χ2v) is 7.53. The van der Waals surface area contributed by atoms with Gasteiger partial charge in [-0.1, -0.05) is 6.58 Å². The molecule has 10 heteroatoms. The van der Waals surface area contributed by atoms with Gasteiger partial charge in [0.05, 0.1) is 19.0 Å². The van der Waals surface area contributed by atoms with Crippen LogP contribution >= 0.6 is 0 Å². The van der Waals surface area contributed by atoms with Gasteiger partial charge in [-0.3, -0.25) is 14.0 Å². The molecule has 158 valence electrons. The Hall–Kier alpha value is -3.56. The first-order valence-electron chi connectivity index (χ1n) is 9.74. The van der Waals surface area contributed by atoms with Gasteiger partial charge in [0, 0.05) is 44.8 Å². The van der Waals surface area contributed by atoms with Gasteiger partial charge in [-0.05, 0) is 25.3 Å². The van der Waals surface area contributed by atoms with Crippen LogP contribution in [0.1, 0.15) is 12.1 Å². The summed E-state index contributed by atoms with van der Waals surface area (Å²) in [5.41, 5.74) is 2.48. The minimum Gasteiger partial charge on any atom is -0.478 e. The number of anilines is 2. The zero-order valence-corrected chi connectivity index (χ0v) is 17.3. The molecule has 30 heavy (non-hydrogen) atoms. The molecule has 0 radical (unpaired) electrons. The van der Waals surface area contributed by atoms with Gasteiger partial charge in [-0.2, -0.15) is 0 Å². The largest absolute Gasteiger partial charge is 0.478 e. The number of fused-ring (bicyclic) bond motifs is 1. The number of aryl methyl sites for hydroxylation is 2. The second-order valence-electron chi connectivity index (χ2n) is 7.53. The van der Waals surface area contributed by atoms with Gasteiger partial charge >= 0.3 is 5.69 Å². The maximum Gasteiger partial charge on any atom is 0.334 e. The molecule has 1 saturated heterocycles. The molecule has 10 nitrogen and oxygen atoms in total. The third-order valence-electron chi connectivity index (χ3n) is 5.39. The summed E-state index contributed by atoms with van der Waals surface area (Å²) in [6.45, 7) is 7.19. The van der Waals surface area contributed by atoms with Gasteiger partial charge in [-0.25, -0.2) is 14.2 Å². The molecule has 1 aliphatic rings. The molecule has 1 aliphatic heterocycles. The van der Waals surface area contributed by atoms with Crippen molar-refractivity contribution in [1.29, 1.82) is 0 Å². The Labute approximate surface area is 173 Å². The fourth-order valence-corrected chi connectivity index (χ4v) is 3.92. The molecule has 0 spiro atoms. The van der Waals surface area contributed by atoms with Crippen LogP contribution in [0.15, 0.2) is 36.0 Å². The smallest absolute Gasteiger partial charge is 0.334 e. The SMILES string of the molecule is C=CC(=O)N1CCC(Cn2cc(Nc3cn(C)nc3OC)c3ncc(C)n3c2=O)C1. The Kier molecular flexibility index (Phi) is 5.06. The normalized spacial score (nSPS) is 16.2. The first-order chi connectivity index (χ1) is 14.4. The standard InChI is InChI=1S/C20H25N7O3/c1-5-17(28)25-7-6-14(9-25)10-26-12-15(18-21-8-13(2)27(18)20(26)29)22-16-11-24(3)23-19(16)30-4/h5,8,11-12,14,22H,1,6-7,9-10H2,2-4H3. The van der Waals surface area contributed by atoms with Crippen molar-refractivity contribution < 1.29 is 9.53 Å². The van der Waals surface area contributed by atoms with Crippen molar-refractivity contribution in [1.82, 2.24) is 28.6 Å². The summed E-state index contributed by atoms with van der Waals surface area (Å²) in [5.74, 6) is 0.566. The molecule has 1 atom stereocenters. The molecule has 3 aromatic heterocycles. The molecule has 4 heterocycles. The maximum absolute atomic E-state index is 13.1. The average Bonchev–Trinajstić information content (AvgIpc) is 3.44. The van der Waals surface area contributed by atoms with Gasteiger partial charge in [0.2, 0.25) is 5.91 Å². The van der Waals surface area contributed by atoms with E-state index in [0.29, 0.717) is 42.5 Å². The lowest BCUT2D eigenvalue weighted by atomic mass is 10.1. The fourth-order valence-electron chi connectivity index (χ4n) is 3.92. The van der Waals surface area contributed by atoms with E-state index in [1.165, 1.54) is 6.08 Å². The number of ether oxygens (including phenoxy) is 1. The van der Waals surface area contributed by atoms with E-state index in [9.17, 15) is 9.59 Å². The van der Waals surface area contributed by atoms with Crippen LogP contribution in [0.5, 0.6) is 5.88 Å². The third-order valence-corrected chi connectivity index (χ3v) is 5.39. The molecule has 0 aliphatic carbocycles. The van der Waals surface area contributed by atoms with Crippen LogP contribution in [0.2, 0.25) is 0 Å². The summed E-state index contributed by atoms with van der Waals surface area (Å²) in [6, 6.07) is 0. The van der Waals surface area contributed by atoms with Crippen molar-refractivity contribution in [2.45, 2.75) is 19.9 Å². The van der Waals surface area contributed by atoms with E-state index < -0.39 is 0 Å². The van der Waals surface area contributed by atoms with Crippen LogP contribution in [0, 0.1) is 12.8 Å². The topological polar surface area (TPSA) is 98.7 Å². The maximum atomic E-state index is 13.1.